The van der Waals surface area contributed by atoms with E-state index in [4.69, 9.17) is 16.3 Å². The number of hydrogen-bond acceptors (Lipinski definition) is 4. The molecule has 0 amide bonds. The molecule has 1 rings (SSSR count). The highest BCUT2D eigenvalue weighted by Gasteiger charge is 2.06. The first-order valence-corrected chi connectivity index (χ1v) is 6.12. The summed E-state index contributed by atoms with van der Waals surface area (Å²) in [6, 6.07) is 2.12. The molecule has 0 aromatic carbocycles. The van der Waals surface area contributed by atoms with Gasteiger partial charge >= 0.3 is 0 Å². The molecule has 1 heterocycles. The van der Waals surface area contributed by atoms with Gasteiger partial charge in [-0.25, -0.2) is 0 Å². The van der Waals surface area contributed by atoms with Crippen LogP contribution in [-0.2, 0) is 0 Å². The molecule has 0 unspecified atom stereocenters. The zero-order chi connectivity index (χ0) is 11.3. The minimum atomic E-state index is -0.494. The summed E-state index contributed by atoms with van der Waals surface area (Å²) < 4.78 is 6.05. The van der Waals surface area contributed by atoms with E-state index in [1.54, 1.807) is 6.07 Å². The van der Waals surface area contributed by atoms with Crippen LogP contribution in [-0.4, -0.2) is 30.4 Å². The molecule has 15 heavy (non-hydrogen) atoms. The van der Waals surface area contributed by atoms with Crippen molar-refractivity contribution in [1.82, 2.24) is 5.32 Å². The Morgan fingerprint density at radius 2 is 2.33 bits per heavy atom. The summed E-state index contributed by atoms with van der Waals surface area (Å²) in [5.74, 6) is 0.716. The van der Waals surface area contributed by atoms with E-state index >= 15 is 0 Å². The summed E-state index contributed by atoms with van der Waals surface area (Å²) in [7, 11) is 0. The molecule has 0 aliphatic rings. The molecule has 2 N–H and O–H groups in total. The fraction of sp³-hybridized carbons (Fsp3) is 0.600. The molecule has 0 saturated heterocycles. The molecule has 0 spiro atoms. The van der Waals surface area contributed by atoms with Gasteiger partial charge in [-0.15, -0.1) is 11.3 Å². The van der Waals surface area contributed by atoms with Crippen molar-refractivity contribution in [1.29, 1.82) is 0 Å². The molecule has 1 atom stereocenters. The van der Waals surface area contributed by atoms with E-state index in [1.807, 2.05) is 19.2 Å². The monoisotopic (exact) mass is 249 g/mol. The fourth-order valence-electron chi connectivity index (χ4n) is 0.993. The summed E-state index contributed by atoms with van der Waals surface area (Å²) in [4.78, 5) is 0. The third-order valence-corrected chi connectivity index (χ3v) is 2.82. The Kier molecular flexibility index (Phi) is 5.39. The normalized spacial score (nSPS) is 13.1. The average molecular weight is 250 g/mol. The van der Waals surface area contributed by atoms with Crippen LogP contribution in [0.2, 0.25) is 4.34 Å². The number of nitrogens with one attached hydrogen (secondary N) is 1. The second-order valence-electron chi connectivity index (χ2n) is 3.61. The van der Waals surface area contributed by atoms with E-state index in [0.717, 1.165) is 0 Å². The lowest BCUT2D eigenvalue weighted by Gasteiger charge is -2.14. The van der Waals surface area contributed by atoms with Crippen molar-refractivity contribution < 1.29 is 9.84 Å². The quantitative estimate of drug-likeness (QED) is 0.812. The fourth-order valence-corrected chi connectivity index (χ4v) is 1.78. The Morgan fingerprint density at radius 3 is 2.87 bits per heavy atom. The van der Waals surface area contributed by atoms with Crippen LogP contribution in [0.25, 0.3) is 0 Å². The number of ether oxygens (including phenoxy) is 1. The van der Waals surface area contributed by atoms with Gasteiger partial charge in [0.1, 0.15) is 18.5 Å². The van der Waals surface area contributed by atoms with Gasteiger partial charge in [-0.2, -0.15) is 0 Å². The Labute approximate surface area is 99.0 Å². The Morgan fingerprint density at radius 1 is 1.60 bits per heavy atom. The predicted molar refractivity (Wildman–Crippen MR) is 64.0 cm³/mol. The van der Waals surface area contributed by atoms with Crippen LogP contribution in [0.4, 0.5) is 0 Å². The number of halogens is 1. The summed E-state index contributed by atoms with van der Waals surface area (Å²) in [5.41, 5.74) is 0. The van der Waals surface area contributed by atoms with Crippen LogP contribution in [0.5, 0.6) is 5.75 Å². The molecular weight excluding hydrogens is 234 g/mol. The van der Waals surface area contributed by atoms with Crippen LogP contribution < -0.4 is 10.1 Å². The second-order valence-corrected chi connectivity index (χ2v) is 5.16. The van der Waals surface area contributed by atoms with Crippen molar-refractivity contribution in [2.24, 2.45) is 0 Å². The minimum Gasteiger partial charge on any atom is -0.490 e. The van der Waals surface area contributed by atoms with Gasteiger partial charge in [-0.3, -0.25) is 0 Å². The molecule has 86 valence electrons. The highest BCUT2D eigenvalue weighted by atomic mass is 35.5. The van der Waals surface area contributed by atoms with Gasteiger partial charge in [0.15, 0.2) is 0 Å². The van der Waals surface area contributed by atoms with E-state index < -0.39 is 6.10 Å². The topological polar surface area (TPSA) is 41.5 Å². The van der Waals surface area contributed by atoms with E-state index in [2.05, 4.69) is 5.32 Å². The molecule has 0 radical (unpaired) electrons. The third kappa shape index (κ3) is 5.37. The average Bonchev–Trinajstić information content (AvgIpc) is 2.58. The van der Waals surface area contributed by atoms with Gasteiger partial charge in [-0.05, 0) is 0 Å². The molecule has 3 nitrogen and oxygen atoms in total. The van der Waals surface area contributed by atoms with Gasteiger partial charge in [-0.1, -0.05) is 25.4 Å². The van der Waals surface area contributed by atoms with E-state index in [9.17, 15) is 5.11 Å². The first kappa shape index (κ1) is 12.8. The molecule has 5 heteroatoms. The van der Waals surface area contributed by atoms with E-state index in [0.29, 0.717) is 22.7 Å². The predicted octanol–water partition coefficient (Wildman–Crippen LogP) is 2.14. The van der Waals surface area contributed by atoms with Crippen LogP contribution in [0.1, 0.15) is 13.8 Å². The summed E-state index contributed by atoms with van der Waals surface area (Å²) in [6.45, 7) is 4.89. The van der Waals surface area contributed by atoms with Crippen molar-refractivity contribution in [3.05, 3.63) is 15.8 Å². The summed E-state index contributed by atoms with van der Waals surface area (Å²) in [5, 5.41) is 14.5. The maximum absolute atomic E-state index is 9.55. The van der Waals surface area contributed by atoms with Crippen LogP contribution in [0, 0.1) is 0 Å². The van der Waals surface area contributed by atoms with Crippen LogP contribution >= 0.6 is 22.9 Å². The van der Waals surface area contributed by atoms with E-state index in [1.165, 1.54) is 11.3 Å². The number of aliphatic hydroxyl groups excluding tert-OH is 1. The molecule has 0 aliphatic heterocycles. The highest BCUT2D eigenvalue weighted by Crippen LogP contribution is 2.25. The molecule has 1 aromatic heterocycles. The van der Waals surface area contributed by atoms with Crippen molar-refractivity contribution in [2.75, 3.05) is 13.2 Å². The largest absolute Gasteiger partial charge is 0.490 e. The Hall–Kier alpha value is -0.290. The molecule has 0 saturated carbocycles. The molecular formula is C10H16ClNO2S. The van der Waals surface area contributed by atoms with Gasteiger partial charge in [0.25, 0.3) is 0 Å². The van der Waals surface area contributed by atoms with Crippen molar-refractivity contribution in [3.63, 3.8) is 0 Å². The maximum atomic E-state index is 9.55. The number of rotatable bonds is 6. The zero-order valence-electron chi connectivity index (χ0n) is 8.87. The number of aliphatic hydroxyl groups is 1. The Bertz CT molecular complexity index is 291. The van der Waals surface area contributed by atoms with Crippen LogP contribution in [0.15, 0.2) is 11.4 Å². The third-order valence-electron chi connectivity index (χ3n) is 1.75. The van der Waals surface area contributed by atoms with E-state index in [-0.39, 0.29) is 6.61 Å². The van der Waals surface area contributed by atoms with Gasteiger partial charge < -0.3 is 15.2 Å². The standard InChI is InChI=1S/C10H16ClNO2S/c1-7(2)12-4-8(13)5-14-9-3-10(11)15-6-9/h3,6-8,12-13H,4-5H2,1-2H3/t8-/m0/s1. The molecule has 0 bridgehead atoms. The second kappa shape index (κ2) is 6.33. The smallest absolute Gasteiger partial charge is 0.131 e. The number of hydrogen-bond donors (Lipinski definition) is 2. The van der Waals surface area contributed by atoms with Gasteiger partial charge in [0, 0.05) is 24.0 Å². The van der Waals surface area contributed by atoms with Gasteiger partial charge in [0.2, 0.25) is 0 Å². The molecule has 0 fully saturated rings. The lowest BCUT2D eigenvalue weighted by Crippen LogP contribution is -2.35. The van der Waals surface area contributed by atoms with Crippen molar-refractivity contribution in [2.45, 2.75) is 26.0 Å². The first-order chi connectivity index (χ1) is 7.08. The highest BCUT2D eigenvalue weighted by molar-refractivity contribution is 7.14. The summed E-state index contributed by atoms with van der Waals surface area (Å²) in [6.07, 6.45) is -0.494. The summed E-state index contributed by atoms with van der Waals surface area (Å²) >= 11 is 7.16. The minimum absolute atomic E-state index is 0.285. The first-order valence-electron chi connectivity index (χ1n) is 4.86. The van der Waals surface area contributed by atoms with Crippen LogP contribution in [0.3, 0.4) is 0 Å². The maximum Gasteiger partial charge on any atom is 0.131 e. The molecule has 0 aliphatic carbocycles. The zero-order valence-corrected chi connectivity index (χ0v) is 10.4. The lowest BCUT2D eigenvalue weighted by molar-refractivity contribution is 0.105. The SMILES string of the molecule is CC(C)NC[C@H](O)COc1csc(Cl)c1. The van der Waals surface area contributed by atoms with Gasteiger partial charge in [0.05, 0.1) is 4.34 Å². The lowest BCUT2D eigenvalue weighted by atomic mass is 10.3. The molecule has 1 aromatic rings. The van der Waals surface area contributed by atoms with Crippen molar-refractivity contribution >= 4 is 22.9 Å². The van der Waals surface area contributed by atoms with Crippen molar-refractivity contribution in [3.8, 4) is 5.75 Å². The Balaban J connectivity index is 2.19. The number of thiophene rings is 1.